The Bertz CT molecular complexity index is 301. The monoisotopic (exact) mass is 262 g/mol. The molecule has 5 atom stereocenters. The first kappa shape index (κ1) is 15.7. The van der Waals surface area contributed by atoms with Crippen molar-refractivity contribution in [2.24, 2.45) is 0 Å². The molecule has 98 valence electrons. The van der Waals surface area contributed by atoms with Crippen molar-refractivity contribution in [3.63, 3.8) is 0 Å². The fourth-order valence-electron chi connectivity index (χ4n) is 0.882. The maximum atomic E-state index is 10.4. The van der Waals surface area contributed by atoms with Gasteiger partial charge in [0.05, 0.1) is 6.61 Å². The second-order valence-corrected chi connectivity index (χ2v) is 4.64. The second-order valence-electron chi connectivity index (χ2n) is 3.13. The predicted octanol–water partition coefficient (Wildman–Crippen LogP) is -4.37. The predicted molar refractivity (Wildman–Crippen MR) is 48.7 cm³/mol. The van der Waals surface area contributed by atoms with Crippen LogP contribution in [0.3, 0.4) is 0 Å². The molecule has 0 saturated carbocycles. The van der Waals surface area contributed by atoms with Crippen molar-refractivity contribution in [2.75, 3.05) is 6.61 Å². The van der Waals surface area contributed by atoms with Gasteiger partial charge in [-0.1, -0.05) is 0 Å². The first-order chi connectivity index (χ1) is 7.12. The molecule has 0 radical (unpaired) electrons. The average Bonchev–Trinajstić information content (AvgIpc) is 2.22. The summed E-state index contributed by atoms with van der Waals surface area (Å²) in [5.41, 5.74) is -2.73. The molecule has 10 heteroatoms. The Morgan fingerprint density at radius 2 is 1.31 bits per heavy atom. The van der Waals surface area contributed by atoms with Crippen LogP contribution in [0, 0.1) is 0 Å². The van der Waals surface area contributed by atoms with E-state index in [2.05, 4.69) is 0 Å². The van der Waals surface area contributed by atoms with E-state index in [0.29, 0.717) is 0 Å². The van der Waals surface area contributed by atoms with E-state index in [9.17, 15) is 8.42 Å². The molecule has 0 aromatic heterocycles. The zero-order valence-corrected chi connectivity index (χ0v) is 8.77. The molecule has 7 N–H and O–H groups in total. The minimum atomic E-state index is -5.02. The smallest absolute Gasteiger partial charge is 0.294 e. The Hall–Kier alpha value is -0.330. The van der Waals surface area contributed by atoms with Crippen LogP contribution in [0.1, 0.15) is 0 Å². The minimum absolute atomic E-state index is 0.951. The van der Waals surface area contributed by atoms with Gasteiger partial charge >= 0.3 is 0 Å². The highest BCUT2D eigenvalue weighted by molar-refractivity contribution is 7.86. The Balaban J connectivity index is 4.67. The Morgan fingerprint density at radius 3 is 1.62 bits per heavy atom. The van der Waals surface area contributed by atoms with Crippen LogP contribution in [0.5, 0.6) is 0 Å². The van der Waals surface area contributed by atoms with Gasteiger partial charge in [0.15, 0.2) is 0 Å². The van der Waals surface area contributed by atoms with Gasteiger partial charge in [-0.3, -0.25) is 4.55 Å². The van der Waals surface area contributed by atoms with Crippen LogP contribution in [0.15, 0.2) is 0 Å². The van der Waals surface area contributed by atoms with Gasteiger partial charge < -0.3 is 30.6 Å². The van der Waals surface area contributed by atoms with Crippen LogP contribution in [0.25, 0.3) is 0 Å². The Morgan fingerprint density at radius 1 is 0.875 bits per heavy atom. The van der Waals surface area contributed by atoms with E-state index >= 15 is 0 Å². The first-order valence-electron chi connectivity index (χ1n) is 4.10. The van der Waals surface area contributed by atoms with Gasteiger partial charge in [0.25, 0.3) is 10.1 Å². The van der Waals surface area contributed by atoms with Gasteiger partial charge in [-0.05, 0) is 0 Å². The van der Waals surface area contributed by atoms with E-state index in [-0.39, 0.29) is 0 Å². The van der Waals surface area contributed by atoms with Gasteiger partial charge in [-0.15, -0.1) is 0 Å². The van der Waals surface area contributed by atoms with Gasteiger partial charge in [-0.2, -0.15) is 8.42 Å². The molecule has 0 amide bonds. The third kappa shape index (κ3) is 3.92. The molecule has 0 bridgehead atoms. The van der Waals surface area contributed by atoms with E-state index in [1.165, 1.54) is 0 Å². The topological polar surface area (TPSA) is 176 Å². The summed E-state index contributed by atoms with van der Waals surface area (Å²) in [6.45, 7) is -0.951. The molecule has 0 fully saturated rings. The molecular weight excluding hydrogens is 248 g/mol. The molecule has 0 aliphatic rings. The third-order valence-electron chi connectivity index (χ3n) is 1.88. The molecule has 0 aromatic rings. The molecule has 9 nitrogen and oxygen atoms in total. The van der Waals surface area contributed by atoms with E-state index in [4.69, 9.17) is 35.2 Å². The zero-order chi connectivity index (χ0) is 13.1. The van der Waals surface area contributed by atoms with E-state index < -0.39 is 46.6 Å². The second kappa shape index (κ2) is 5.84. The minimum Gasteiger partial charge on any atom is -0.394 e. The summed E-state index contributed by atoms with van der Waals surface area (Å²) in [6, 6.07) is 0. The van der Waals surface area contributed by atoms with E-state index in [1.807, 2.05) is 0 Å². The SMILES string of the molecule is O=S(=O)(O)C(O)[C@@H](O)[C@@H](O)[C@H](O)[C@@H](O)CO. The summed E-state index contributed by atoms with van der Waals surface area (Å²) in [5.74, 6) is 0. The zero-order valence-electron chi connectivity index (χ0n) is 7.95. The molecule has 0 spiro atoms. The molecule has 0 heterocycles. The highest BCUT2D eigenvalue weighted by atomic mass is 32.2. The number of hydrogen-bond acceptors (Lipinski definition) is 8. The average molecular weight is 262 g/mol. The molecule has 0 aromatic carbocycles. The van der Waals surface area contributed by atoms with Crippen molar-refractivity contribution in [2.45, 2.75) is 29.9 Å². The van der Waals surface area contributed by atoms with E-state index in [0.717, 1.165) is 0 Å². The largest absolute Gasteiger partial charge is 0.394 e. The summed E-state index contributed by atoms with van der Waals surface area (Å²) >= 11 is 0. The maximum absolute atomic E-state index is 10.4. The number of aliphatic hydroxyl groups is 6. The summed E-state index contributed by atoms with van der Waals surface area (Å²) in [7, 11) is -5.02. The molecule has 0 rings (SSSR count). The normalized spacial score (nSPS) is 22.2. The van der Waals surface area contributed by atoms with Crippen LogP contribution in [-0.2, 0) is 10.1 Å². The Labute approximate surface area is 91.0 Å². The van der Waals surface area contributed by atoms with Crippen molar-refractivity contribution in [1.29, 1.82) is 0 Å². The van der Waals surface area contributed by atoms with Crippen LogP contribution in [0.2, 0.25) is 0 Å². The van der Waals surface area contributed by atoms with Crippen molar-refractivity contribution in [3.8, 4) is 0 Å². The van der Waals surface area contributed by atoms with E-state index in [1.54, 1.807) is 0 Å². The standard InChI is InChI=1S/C6H14O9S/c7-1-2(8)3(9)4(10)5(11)6(12)16(13,14)15/h2-12H,1H2,(H,13,14,15)/t2-,3+,4-,5-,6?/m0/s1. The number of aliphatic hydroxyl groups excluding tert-OH is 6. The Kier molecular flexibility index (Phi) is 5.72. The van der Waals surface area contributed by atoms with Crippen LogP contribution < -0.4 is 0 Å². The highest BCUT2D eigenvalue weighted by Gasteiger charge is 2.39. The summed E-state index contributed by atoms with van der Waals surface area (Å²) in [6.07, 6.45) is -8.63. The molecule has 0 aliphatic carbocycles. The maximum Gasteiger partial charge on any atom is 0.294 e. The molecule has 1 unspecified atom stereocenters. The molecular formula is C6H14O9S. The first-order valence-corrected chi connectivity index (χ1v) is 5.60. The third-order valence-corrected chi connectivity index (χ3v) is 2.77. The van der Waals surface area contributed by atoms with Gasteiger partial charge in [-0.25, -0.2) is 0 Å². The van der Waals surface area contributed by atoms with Crippen molar-refractivity contribution >= 4 is 10.1 Å². The van der Waals surface area contributed by atoms with Gasteiger partial charge in [0.1, 0.15) is 24.4 Å². The lowest BCUT2D eigenvalue weighted by Crippen LogP contribution is -2.51. The number of hydrogen-bond donors (Lipinski definition) is 7. The summed E-state index contributed by atoms with van der Waals surface area (Å²) in [4.78, 5) is 0. The number of rotatable bonds is 6. The fourth-order valence-corrected chi connectivity index (χ4v) is 1.40. The fraction of sp³-hybridized carbons (Fsp3) is 1.00. The van der Waals surface area contributed by atoms with Gasteiger partial charge in [0, 0.05) is 0 Å². The van der Waals surface area contributed by atoms with Crippen LogP contribution >= 0.6 is 0 Å². The molecule has 16 heavy (non-hydrogen) atoms. The van der Waals surface area contributed by atoms with Crippen molar-refractivity contribution in [1.82, 2.24) is 0 Å². The lowest BCUT2D eigenvalue weighted by atomic mass is 10.0. The highest BCUT2D eigenvalue weighted by Crippen LogP contribution is 2.11. The lowest BCUT2D eigenvalue weighted by molar-refractivity contribution is -0.129. The van der Waals surface area contributed by atoms with Gasteiger partial charge in [0.2, 0.25) is 5.44 Å². The summed E-state index contributed by atoms with van der Waals surface area (Å²) < 4.78 is 29.1. The molecule has 0 aliphatic heterocycles. The molecule has 0 saturated heterocycles. The van der Waals surface area contributed by atoms with Crippen LogP contribution in [0.4, 0.5) is 0 Å². The van der Waals surface area contributed by atoms with Crippen LogP contribution in [-0.4, -0.2) is 80.1 Å². The quantitative estimate of drug-likeness (QED) is 0.233. The van der Waals surface area contributed by atoms with Crippen molar-refractivity contribution in [3.05, 3.63) is 0 Å². The lowest BCUT2D eigenvalue weighted by Gasteiger charge is -2.27. The van der Waals surface area contributed by atoms with Crippen molar-refractivity contribution < 1.29 is 43.6 Å². The summed E-state index contributed by atoms with van der Waals surface area (Å²) in [5, 5.41) is 53.3.